The second kappa shape index (κ2) is 14.3. The Balaban J connectivity index is 1.10. The highest BCUT2D eigenvalue weighted by Gasteiger charge is 2.47. The number of rotatable bonds is 10. The summed E-state index contributed by atoms with van der Waals surface area (Å²) in [4.78, 5) is 27.0. The number of carbonyl (C=O) groups excluding carboxylic acids is 2. The maximum Gasteiger partial charge on any atom is 0.308 e. The monoisotopic (exact) mass is 680 g/mol. The van der Waals surface area contributed by atoms with Crippen molar-refractivity contribution in [2.45, 2.75) is 38.8 Å². The van der Waals surface area contributed by atoms with E-state index in [1.807, 2.05) is 58.3 Å². The van der Waals surface area contributed by atoms with Crippen molar-refractivity contribution in [3.63, 3.8) is 0 Å². The Bertz CT molecular complexity index is 1710. The van der Waals surface area contributed by atoms with Gasteiger partial charge in [-0.1, -0.05) is 41.4 Å². The highest BCUT2D eigenvalue weighted by atomic mass is 35.5. The molecule has 3 aromatic carbocycles. The number of amides is 1. The summed E-state index contributed by atoms with van der Waals surface area (Å²) in [6.07, 6.45) is 3.21. The third-order valence-electron chi connectivity index (χ3n) is 8.11. The number of benzene rings is 3. The summed E-state index contributed by atoms with van der Waals surface area (Å²) in [6.45, 7) is 7.35. The molecular formula is C34H36Cl2N5O6+. The van der Waals surface area contributed by atoms with E-state index >= 15 is 0 Å². The normalized spacial score (nSPS) is 19.5. The van der Waals surface area contributed by atoms with Crippen LogP contribution in [-0.2, 0) is 37.9 Å². The van der Waals surface area contributed by atoms with E-state index in [0.29, 0.717) is 27.9 Å². The van der Waals surface area contributed by atoms with E-state index < -0.39 is 5.79 Å². The van der Waals surface area contributed by atoms with Crippen LogP contribution in [0.3, 0.4) is 0 Å². The average molecular weight is 682 g/mol. The van der Waals surface area contributed by atoms with Gasteiger partial charge in [0.05, 0.1) is 18.2 Å². The summed E-state index contributed by atoms with van der Waals surface area (Å²) >= 11 is 12.9. The fourth-order valence-electron chi connectivity index (χ4n) is 5.76. The number of ether oxygens (including phenoxy) is 4. The molecule has 0 radical (unpaired) electrons. The van der Waals surface area contributed by atoms with Crippen molar-refractivity contribution in [1.29, 1.82) is 0 Å². The van der Waals surface area contributed by atoms with Crippen molar-refractivity contribution in [3.8, 4) is 11.5 Å². The third kappa shape index (κ3) is 8.05. The van der Waals surface area contributed by atoms with Gasteiger partial charge in [0.2, 0.25) is 18.0 Å². The Kier molecular flexibility index (Phi) is 9.97. The van der Waals surface area contributed by atoms with Gasteiger partial charge in [-0.15, -0.1) is 4.68 Å². The summed E-state index contributed by atoms with van der Waals surface area (Å²) in [6, 6.07) is 20.5. The van der Waals surface area contributed by atoms with Crippen LogP contribution in [0.2, 0.25) is 10.0 Å². The van der Waals surface area contributed by atoms with Crippen LogP contribution in [0, 0.1) is 0 Å². The summed E-state index contributed by atoms with van der Waals surface area (Å²) in [5.41, 5.74) is 2.74. The van der Waals surface area contributed by atoms with E-state index in [1.54, 1.807) is 42.2 Å². The number of carbonyl (C=O) groups is 2. The predicted octanol–water partition coefficient (Wildman–Crippen LogP) is 4.47. The molecule has 2 fully saturated rings. The van der Waals surface area contributed by atoms with E-state index in [9.17, 15) is 9.59 Å². The highest BCUT2D eigenvalue weighted by Crippen LogP contribution is 2.40. The number of piperazine rings is 1. The number of nitrogens with zero attached hydrogens (tertiary/aromatic N) is 5. The molecule has 0 unspecified atom stereocenters. The molecule has 1 aromatic heterocycles. The van der Waals surface area contributed by atoms with Gasteiger partial charge in [0.1, 0.15) is 24.2 Å². The van der Waals surface area contributed by atoms with Gasteiger partial charge in [0.25, 0.3) is 6.33 Å². The smallest absolute Gasteiger partial charge is 0.308 e. The van der Waals surface area contributed by atoms with Crippen LogP contribution in [-0.4, -0.2) is 72.1 Å². The maximum absolute atomic E-state index is 11.6. The first-order valence-electron chi connectivity index (χ1n) is 15.4. The lowest BCUT2D eigenvalue weighted by atomic mass is 10.1. The second-order valence-electron chi connectivity index (χ2n) is 11.6. The average Bonchev–Trinajstić information content (AvgIpc) is 3.68. The van der Waals surface area contributed by atoms with E-state index in [0.717, 1.165) is 43.2 Å². The van der Waals surface area contributed by atoms with Gasteiger partial charge in [0, 0.05) is 61.4 Å². The first kappa shape index (κ1) is 32.8. The molecule has 13 heteroatoms. The van der Waals surface area contributed by atoms with Crippen molar-refractivity contribution in [2.75, 3.05) is 44.3 Å². The van der Waals surface area contributed by atoms with E-state index in [1.165, 1.54) is 6.92 Å². The predicted molar refractivity (Wildman–Crippen MR) is 175 cm³/mol. The summed E-state index contributed by atoms with van der Waals surface area (Å²) in [5, 5.41) is 5.49. The standard InChI is InChI=1S/C34H36Cl2N5O6/c1-24(42)39-13-15-40(16-14-39)28-6-10-29(11-7-28)44-19-31-20-45-34(47-31,32-12-5-27(35)17-33(32)36)21-41-23-38(22-37-41)18-26-3-8-30(9-4-26)46-25(2)43/h3-12,17,22-23,31H,13-16,18-21H2,1-2H3/q+1/t31-,34-/m1/s1. The Hall–Kier alpha value is -4.16. The molecule has 2 aliphatic rings. The van der Waals surface area contributed by atoms with Crippen LogP contribution < -0.4 is 18.9 Å². The first-order chi connectivity index (χ1) is 22.7. The number of hydrogen-bond donors (Lipinski definition) is 0. The molecule has 0 aliphatic carbocycles. The van der Waals surface area contributed by atoms with E-state index in [-0.39, 0.29) is 37.7 Å². The van der Waals surface area contributed by atoms with Gasteiger partial charge in [-0.05, 0) is 54.1 Å². The fourth-order valence-corrected chi connectivity index (χ4v) is 6.31. The van der Waals surface area contributed by atoms with Gasteiger partial charge in [-0.2, -0.15) is 0 Å². The summed E-state index contributed by atoms with van der Waals surface area (Å²) in [5.74, 6) is -0.258. The molecule has 2 aliphatic heterocycles. The van der Waals surface area contributed by atoms with Crippen LogP contribution in [0.1, 0.15) is 25.0 Å². The number of aromatic nitrogens is 3. The Labute approximate surface area is 283 Å². The Morgan fingerprint density at radius 3 is 2.38 bits per heavy atom. The van der Waals surface area contributed by atoms with Crippen molar-refractivity contribution in [1.82, 2.24) is 14.7 Å². The Morgan fingerprint density at radius 2 is 1.70 bits per heavy atom. The molecule has 47 heavy (non-hydrogen) atoms. The van der Waals surface area contributed by atoms with Crippen LogP contribution in [0.4, 0.5) is 5.69 Å². The first-order valence-corrected chi connectivity index (χ1v) is 16.1. The minimum atomic E-state index is -1.23. The molecule has 6 rings (SSSR count). The molecule has 3 heterocycles. The van der Waals surface area contributed by atoms with Gasteiger partial charge < -0.3 is 28.7 Å². The van der Waals surface area contributed by atoms with Crippen molar-refractivity contribution in [2.24, 2.45) is 0 Å². The topological polar surface area (TPSA) is 99.2 Å². The van der Waals surface area contributed by atoms with Gasteiger partial charge in [-0.25, -0.2) is 4.57 Å². The Morgan fingerprint density at radius 1 is 0.979 bits per heavy atom. The largest absolute Gasteiger partial charge is 0.491 e. The molecule has 246 valence electrons. The molecule has 0 N–H and O–H groups in total. The molecule has 4 aromatic rings. The minimum Gasteiger partial charge on any atom is -0.491 e. The van der Waals surface area contributed by atoms with Crippen LogP contribution in [0.5, 0.6) is 11.5 Å². The molecule has 2 atom stereocenters. The molecule has 2 saturated heterocycles. The van der Waals surface area contributed by atoms with Gasteiger partial charge >= 0.3 is 5.97 Å². The second-order valence-corrected chi connectivity index (χ2v) is 12.4. The highest BCUT2D eigenvalue weighted by molar-refractivity contribution is 6.35. The van der Waals surface area contributed by atoms with Crippen molar-refractivity contribution < 1.29 is 33.1 Å². The lowest BCUT2D eigenvalue weighted by Crippen LogP contribution is -2.48. The minimum absolute atomic E-state index is 0.114. The summed E-state index contributed by atoms with van der Waals surface area (Å²) < 4.78 is 27.9. The van der Waals surface area contributed by atoms with Crippen molar-refractivity contribution in [3.05, 3.63) is 101 Å². The molecule has 0 saturated carbocycles. The molecule has 11 nitrogen and oxygen atoms in total. The van der Waals surface area contributed by atoms with E-state index in [4.69, 9.17) is 42.1 Å². The molecular weight excluding hydrogens is 645 g/mol. The van der Waals surface area contributed by atoms with E-state index in [2.05, 4.69) is 10.00 Å². The quantitative estimate of drug-likeness (QED) is 0.138. The van der Waals surface area contributed by atoms with Crippen LogP contribution >= 0.6 is 23.2 Å². The van der Waals surface area contributed by atoms with Crippen molar-refractivity contribution >= 4 is 40.8 Å². The maximum atomic E-state index is 11.6. The SMILES string of the molecule is CC(=O)Oc1ccc(C[n+]2cnn(C[C@@]3(c4ccc(Cl)cc4Cl)OC[C@@H](COc4ccc(N5CCN(C(C)=O)CC5)cc4)O3)c2)cc1. The molecule has 0 bridgehead atoms. The van der Waals surface area contributed by atoms with Crippen LogP contribution in [0.25, 0.3) is 0 Å². The molecule has 0 spiro atoms. The van der Waals surface area contributed by atoms with Gasteiger partial charge in [0.15, 0.2) is 6.54 Å². The fraction of sp³-hybridized carbons (Fsp3) is 0.353. The van der Waals surface area contributed by atoms with Crippen LogP contribution in [0.15, 0.2) is 79.4 Å². The molecule has 1 amide bonds. The number of esters is 1. The van der Waals surface area contributed by atoms with Gasteiger partial charge in [-0.3, -0.25) is 9.59 Å². The summed E-state index contributed by atoms with van der Waals surface area (Å²) in [7, 11) is 0. The number of halogens is 2. The number of anilines is 1. The lowest BCUT2D eigenvalue weighted by Gasteiger charge is -2.35. The zero-order valence-electron chi connectivity index (χ0n) is 26.2. The number of hydrogen-bond acceptors (Lipinski definition) is 8. The zero-order chi connectivity index (χ0) is 33.0. The third-order valence-corrected chi connectivity index (χ3v) is 8.66. The zero-order valence-corrected chi connectivity index (χ0v) is 27.7. The lowest BCUT2D eigenvalue weighted by molar-refractivity contribution is -0.689.